The van der Waals surface area contributed by atoms with Crippen molar-refractivity contribution in [1.82, 2.24) is 5.32 Å². The molecule has 0 amide bonds. The van der Waals surface area contributed by atoms with E-state index in [1.165, 1.54) is 0 Å². The monoisotopic (exact) mass is 255 g/mol. The standard InChI is InChI=1S/C12H18ClN3O/c1-3-15-12(14)16-8-9(2)17-11-6-4-10(13)5-7-11/h4-7,9H,3,8H2,1-2H3,(H3,14,15,16). The van der Waals surface area contributed by atoms with Gasteiger partial charge in [0.2, 0.25) is 0 Å². The number of hydrogen-bond acceptors (Lipinski definition) is 2. The van der Waals surface area contributed by atoms with Gasteiger partial charge in [0.1, 0.15) is 11.9 Å². The quantitative estimate of drug-likeness (QED) is 0.625. The first kappa shape index (κ1) is 13.6. The third kappa shape index (κ3) is 5.45. The number of nitrogens with zero attached hydrogens (tertiary/aromatic N) is 1. The van der Waals surface area contributed by atoms with Crippen LogP contribution in [-0.2, 0) is 0 Å². The Balaban J connectivity index is 2.41. The number of halogens is 1. The first-order chi connectivity index (χ1) is 8.11. The van der Waals surface area contributed by atoms with E-state index in [1.54, 1.807) is 12.1 Å². The van der Waals surface area contributed by atoms with Gasteiger partial charge in [-0.25, -0.2) is 4.99 Å². The highest BCUT2D eigenvalue weighted by Gasteiger charge is 2.03. The fraction of sp³-hybridized carbons (Fsp3) is 0.417. The fourth-order valence-electron chi connectivity index (χ4n) is 1.25. The van der Waals surface area contributed by atoms with Crippen molar-refractivity contribution in [2.75, 3.05) is 13.1 Å². The zero-order valence-corrected chi connectivity index (χ0v) is 10.9. The Morgan fingerprint density at radius 3 is 2.71 bits per heavy atom. The van der Waals surface area contributed by atoms with Crippen molar-refractivity contribution in [2.45, 2.75) is 20.0 Å². The van der Waals surface area contributed by atoms with Gasteiger partial charge in [-0.3, -0.25) is 0 Å². The Kier molecular flexibility index (Phi) is 5.63. The maximum Gasteiger partial charge on any atom is 0.188 e. The number of benzene rings is 1. The third-order valence-corrected chi connectivity index (χ3v) is 2.28. The summed E-state index contributed by atoms with van der Waals surface area (Å²) in [6.07, 6.45) is -0.0339. The van der Waals surface area contributed by atoms with Gasteiger partial charge in [0.25, 0.3) is 0 Å². The molecule has 0 aliphatic heterocycles. The van der Waals surface area contributed by atoms with E-state index in [2.05, 4.69) is 10.3 Å². The molecule has 0 aromatic heterocycles. The highest BCUT2D eigenvalue weighted by atomic mass is 35.5. The molecule has 3 N–H and O–H groups in total. The van der Waals surface area contributed by atoms with Gasteiger partial charge in [-0.1, -0.05) is 11.6 Å². The average molecular weight is 256 g/mol. The first-order valence-electron chi connectivity index (χ1n) is 5.57. The number of nitrogens with one attached hydrogen (secondary N) is 1. The van der Waals surface area contributed by atoms with Crippen molar-refractivity contribution < 1.29 is 4.74 Å². The van der Waals surface area contributed by atoms with Crippen molar-refractivity contribution in [1.29, 1.82) is 0 Å². The minimum absolute atomic E-state index is 0.0339. The lowest BCUT2D eigenvalue weighted by atomic mass is 10.3. The average Bonchev–Trinajstić information content (AvgIpc) is 2.30. The maximum absolute atomic E-state index is 5.78. The zero-order valence-electron chi connectivity index (χ0n) is 10.1. The third-order valence-electron chi connectivity index (χ3n) is 2.03. The lowest BCUT2D eigenvalue weighted by molar-refractivity contribution is 0.230. The van der Waals surface area contributed by atoms with E-state index in [0.29, 0.717) is 17.5 Å². The van der Waals surface area contributed by atoms with Crippen molar-refractivity contribution in [3.8, 4) is 5.75 Å². The lowest BCUT2D eigenvalue weighted by Crippen LogP contribution is -2.32. The molecule has 94 valence electrons. The highest BCUT2D eigenvalue weighted by molar-refractivity contribution is 6.30. The predicted octanol–water partition coefficient (Wildman–Crippen LogP) is 2.03. The SMILES string of the molecule is CCNC(N)=NCC(C)Oc1ccc(Cl)cc1. The summed E-state index contributed by atoms with van der Waals surface area (Å²) >= 11 is 5.78. The minimum atomic E-state index is -0.0339. The molecule has 0 aliphatic carbocycles. The molecule has 1 unspecified atom stereocenters. The van der Waals surface area contributed by atoms with Crippen molar-refractivity contribution in [3.63, 3.8) is 0 Å². The van der Waals surface area contributed by atoms with Gasteiger partial charge >= 0.3 is 0 Å². The molecule has 1 atom stereocenters. The van der Waals surface area contributed by atoms with Gasteiger partial charge in [-0.2, -0.15) is 0 Å². The van der Waals surface area contributed by atoms with Gasteiger partial charge in [0, 0.05) is 11.6 Å². The topological polar surface area (TPSA) is 59.6 Å². The van der Waals surface area contributed by atoms with Crippen LogP contribution >= 0.6 is 11.6 Å². The summed E-state index contributed by atoms with van der Waals surface area (Å²) in [6.45, 7) is 5.19. The summed E-state index contributed by atoms with van der Waals surface area (Å²) in [5.41, 5.74) is 5.61. The molecule has 0 bridgehead atoms. The molecule has 1 aromatic carbocycles. The van der Waals surface area contributed by atoms with Gasteiger partial charge in [0.05, 0.1) is 6.54 Å². The number of rotatable bonds is 5. The highest BCUT2D eigenvalue weighted by Crippen LogP contribution is 2.16. The molecule has 0 heterocycles. The molecule has 1 aromatic rings. The summed E-state index contributed by atoms with van der Waals surface area (Å²) in [4.78, 5) is 4.16. The normalized spacial score (nSPS) is 13.2. The van der Waals surface area contributed by atoms with Gasteiger partial charge in [0.15, 0.2) is 5.96 Å². The van der Waals surface area contributed by atoms with Crippen LogP contribution in [0.3, 0.4) is 0 Å². The molecule has 0 spiro atoms. The second-order valence-corrected chi connectivity index (χ2v) is 4.08. The largest absolute Gasteiger partial charge is 0.489 e. The smallest absolute Gasteiger partial charge is 0.188 e. The number of nitrogens with two attached hydrogens (primary N) is 1. The predicted molar refractivity (Wildman–Crippen MR) is 71.7 cm³/mol. The lowest BCUT2D eigenvalue weighted by Gasteiger charge is -2.13. The number of aliphatic imine (C=N–C) groups is 1. The van der Waals surface area contributed by atoms with Crippen molar-refractivity contribution >= 4 is 17.6 Å². The van der Waals surface area contributed by atoms with Crippen LogP contribution in [0.5, 0.6) is 5.75 Å². The van der Waals surface area contributed by atoms with E-state index in [9.17, 15) is 0 Å². The molecule has 17 heavy (non-hydrogen) atoms. The Hall–Kier alpha value is -1.42. The van der Waals surface area contributed by atoms with E-state index >= 15 is 0 Å². The molecular formula is C12H18ClN3O. The van der Waals surface area contributed by atoms with Gasteiger partial charge in [-0.15, -0.1) is 0 Å². The van der Waals surface area contributed by atoms with Crippen molar-refractivity contribution in [2.24, 2.45) is 10.7 Å². The minimum Gasteiger partial charge on any atom is -0.489 e. The van der Waals surface area contributed by atoms with Crippen LogP contribution in [0.15, 0.2) is 29.3 Å². The second-order valence-electron chi connectivity index (χ2n) is 3.64. The Morgan fingerprint density at radius 2 is 2.12 bits per heavy atom. The summed E-state index contributed by atoms with van der Waals surface area (Å²) in [6, 6.07) is 7.24. The van der Waals surface area contributed by atoms with E-state index in [-0.39, 0.29) is 6.10 Å². The molecule has 1 rings (SSSR count). The molecule has 4 nitrogen and oxygen atoms in total. The summed E-state index contributed by atoms with van der Waals surface area (Å²) in [5.74, 6) is 1.22. The van der Waals surface area contributed by atoms with Crippen molar-refractivity contribution in [3.05, 3.63) is 29.3 Å². The van der Waals surface area contributed by atoms with Crippen LogP contribution in [0.25, 0.3) is 0 Å². The fourth-order valence-corrected chi connectivity index (χ4v) is 1.37. The molecular weight excluding hydrogens is 238 g/mol. The van der Waals surface area contributed by atoms with Crippen LogP contribution in [-0.4, -0.2) is 25.2 Å². The van der Waals surface area contributed by atoms with Gasteiger partial charge < -0.3 is 15.8 Å². The zero-order chi connectivity index (χ0) is 12.7. The molecule has 0 saturated heterocycles. The number of hydrogen-bond donors (Lipinski definition) is 2. The summed E-state index contributed by atoms with van der Waals surface area (Å²) in [5, 5.41) is 3.62. The number of ether oxygens (including phenoxy) is 1. The molecule has 0 aliphatic rings. The molecule has 5 heteroatoms. The van der Waals surface area contributed by atoms with Crippen LogP contribution in [0.1, 0.15) is 13.8 Å². The van der Waals surface area contributed by atoms with E-state index < -0.39 is 0 Å². The van der Waals surface area contributed by atoms with Crippen LogP contribution in [0, 0.1) is 0 Å². The van der Waals surface area contributed by atoms with Crippen LogP contribution in [0.4, 0.5) is 0 Å². The Bertz CT molecular complexity index is 365. The Morgan fingerprint density at radius 1 is 1.47 bits per heavy atom. The Labute approximate surface area is 107 Å². The summed E-state index contributed by atoms with van der Waals surface area (Å²) < 4.78 is 5.65. The number of guanidine groups is 1. The van der Waals surface area contributed by atoms with Gasteiger partial charge in [-0.05, 0) is 38.1 Å². The van der Waals surface area contributed by atoms with Crippen LogP contribution < -0.4 is 15.8 Å². The van der Waals surface area contributed by atoms with Crippen LogP contribution in [0.2, 0.25) is 5.02 Å². The first-order valence-corrected chi connectivity index (χ1v) is 5.95. The van der Waals surface area contributed by atoms with E-state index in [0.717, 1.165) is 12.3 Å². The van der Waals surface area contributed by atoms with E-state index in [4.69, 9.17) is 22.1 Å². The maximum atomic E-state index is 5.78. The summed E-state index contributed by atoms with van der Waals surface area (Å²) in [7, 11) is 0. The molecule has 0 saturated carbocycles. The molecule has 0 radical (unpaired) electrons. The second kappa shape index (κ2) is 7.01. The molecule has 0 fully saturated rings. The van der Waals surface area contributed by atoms with E-state index in [1.807, 2.05) is 26.0 Å².